The molecule has 1 aromatic carbocycles. The van der Waals surface area contributed by atoms with Gasteiger partial charge in [-0.05, 0) is 24.1 Å². The second-order valence-corrected chi connectivity index (χ2v) is 5.84. The van der Waals surface area contributed by atoms with Gasteiger partial charge in [0.25, 0.3) is 0 Å². The minimum absolute atomic E-state index is 0.221. The topological polar surface area (TPSA) is 66.4 Å². The van der Waals surface area contributed by atoms with Gasteiger partial charge in [-0.25, -0.2) is 8.42 Å². The maximum atomic E-state index is 11.9. The van der Waals surface area contributed by atoms with Crippen LogP contribution in [-0.2, 0) is 16.6 Å². The molecule has 0 heterocycles. The summed E-state index contributed by atoms with van der Waals surface area (Å²) in [5, 5.41) is 8.89. The van der Waals surface area contributed by atoms with E-state index in [1.165, 1.54) is 12.1 Å². The lowest BCUT2D eigenvalue weighted by molar-refractivity contribution is -0.134. The summed E-state index contributed by atoms with van der Waals surface area (Å²) >= 11 is 0. The minimum atomic E-state index is -4.35. The van der Waals surface area contributed by atoms with Crippen LogP contribution in [-0.4, -0.2) is 25.5 Å². The van der Waals surface area contributed by atoms with Gasteiger partial charge < -0.3 is 5.11 Å². The Balaban J connectivity index is 2.59. The highest BCUT2D eigenvalue weighted by Gasteiger charge is 2.27. The lowest BCUT2D eigenvalue weighted by Gasteiger charge is -2.10. The number of halogens is 3. The van der Waals surface area contributed by atoms with Gasteiger partial charge in [0.05, 0.1) is 12.4 Å². The summed E-state index contributed by atoms with van der Waals surface area (Å²) < 4.78 is 61.0. The summed E-state index contributed by atoms with van der Waals surface area (Å²) in [6.45, 7) is -0.246. The van der Waals surface area contributed by atoms with Gasteiger partial charge in [0.2, 0.25) is 10.0 Å². The molecule has 0 spiro atoms. The molecule has 0 radical (unpaired) electrons. The molecule has 4 nitrogen and oxygen atoms in total. The van der Waals surface area contributed by atoms with Crippen LogP contribution >= 0.6 is 0 Å². The molecule has 8 heteroatoms. The van der Waals surface area contributed by atoms with Crippen LogP contribution in [0, 0.1) is 0 Å². The molecule has 0 fully saturated rings. The number of benzene rings is 1. The SMILES string of the molecule is O=S(=O)(CCCC(F)(F)F)Nc1cccc(CO)c1. The van der Waals surface area contributed by atoms with Crippen LogP contribution in [0.3, 0.4) is 0 Å². The van der Waals surface area contributed by atoms with E-state index < -0.39 is 34.8 Å². The predicted octanol–water partition coefficient (Wildman–Crippen LogP) is 2.26. The van der Waals surface area contributed by atoms with Crippen molar-refractivity contribution in [1.82, 2.24) is 0 Å². The Morgan fingerprint density at radius 1 is 1.26 bits per heavy atom. The second kappa shape index (κ2) is 6.25. The van der Waals surface area contributed by atoms with E-state index in [-0.39, 0.29) is 12.3 Å². The zero-order valence-electron chi connectivity index (χ0n) is 9.94. The molecule has 0 aliphatic carbocycles. The molecular weight excluding hydrogens is 283 g/mol. The van der Waals surface area contributed by atoms with E-state index in [9.17, 15) is 21.6 Å². The number of anilines is 1. The third-order valence-corrected chi connectivity index (χ3v) is 3.63. The van der Waals surface area contributed by atoms with E-state index in [4.69, 9.17) is 5.11 Å². The van der Waals surface area contributed by atoms with Gasteiger partial charge in [0.15, 0.2) is 0 Å². The molecule has 0 bridgehead atoms. The Morgan fingerprint density at radius 3 is 2.53 bits per heavy atom. The molecule has 0 aliphatic rings. The maximum Gasteiger partial charge on any atom is 0.389 e. The highest BCUT2D eigenvalue weighted by atomic mass is 32.2. The molecular formula is C11H14F3NO3S. The highest BCUT2D eigenvalue weighted by molar-refractivity contribution is 7.92. The van der Waals surface area contributed by atoms with Crippen molar-refractivity contribution in [2.45, 2.75) is 25.6 Å². The number of hydrogen-bond acceptors (Lipinski definition) is 3. The predicted molar refractivity (Wildman–Crippen MR) is 65.1 cm³/mol. The fourth-order valence-electron chi connectivity index (χ4n) is 1.43. The van der Waals surface area contributed by atoms with Crippen LogP contribution < -0.4 is 4.72 Å². The molecule has 0 aromatic heterocycles. The quantitative estimate of drug-likeness (QED) is 0.846. The summed E-state index contributed by atoms with van der Waals surface area (Å²) in [5.74, 6) is -0.601. The molecule has 0 saturated carbocycles. The smallest absolute Gasteiger partial charge is 0.389 e. The summed E-state index contributed by atoms with van der Waals surface area (Å²) in [5.41, 5.74) is 0.731. The van der Waals surface area contributed by atoms with Crippen molar-refractivity contribution in [1.29, 1.82) is 0 Å². The van der Waals surface area contributed by atoms with E-state index in [0.717, 1.165) is 0 Å². The average molecular weight is 297 g/mol. The summed E-state index contributed by atoms with van der Waals surface area (Å²) in [6.07, 6.45) is -5.98. The van der Waals surface area contributed by atoms with Crippen LogP contribution in [0.1, 0.15) is 18.4 Å². The van der Waals surface area contributed by atoms with Crippen molar-refractivity contribution in [3.8, 4) is 0 Å². The summed E-state index contributed by atoms with van der Waals surface area (Å²) in [4.78, 5) is 0. The molecule has 0 saturated heterocycles. The number of alkyl halides is 3. The van der Waals surface area contributed by atoms with E-state index in [2.05, 4.69) is 4.72 Å². The first kappa shape index (κ1) is 15.8. The van der Waals surface area contributed by atoms with Gasteiger partial charge in [-0.15, -0.1) is 0 Å². The lowest BCUT2D eigenvalue weighted by atomic mass is 10.2. The van der Waals surface area contributed by atoms with Gasteiger partial charge in [-0.1, -0.05) is 12.1 Å². The fourth-order valence-corrected chi connectivity index (χ4v) is 2.54. The average Bonchev–Trinajstić information content (AvgIpc) is 2.26. The van der Waals surface area contributed by atoms with Crippen molar-refractivity contribution in [3.05, 3.63) is 29.8 Å². The number of aliphatic hydroxyl groups excluding tert-OH is 1. The Morgan fingerprint density at radius 2 is 1.95 bits per heavy atom. The monoisotopic (exact) mass is 297 g/mol. The van der Waals surface area contributed by atoms with E-state index in [1.807, 2.05) is 0 Å². The first-order valence-corrected chi connectivity index (χ1v) is 7.14. The van der Waals surface area contributed by atoms with E-state index in [1.54, 1.807) is 12.1 Å². The number of rotatable bonds is 6. The van der Waals surface area contributed by atoms with Crippen molar-refractivity contribution in [2.75, 3.05) is 10.5 Å². The third-order valence-electron chi connectivity index (χ3n) is 2.26. The zero-order chi connectivity index (χ0) is 14.5. The van der Waals surface area contributed by atoms with Crippen LogP contribution in [0.5, 0.6) is 0 Å². The van der Waals surface area contributed by atoms with Crippen molar-refractivity contribution in [3.63, 3.8) is 0 Å². The number of sulfonamides is 1. The normalized spacial score (nSPS) is 12.4. The van der Waals surface area contributed by atoms with Crippen molar-refractivity contribution >= 4 is 15.7 Å². The first-order chi connectivity index (χ1) is 8.72. The van der Waals surface area contributed by atoms with E-state index >= 15 is 0 Å². The standard InChI is InChI=1S/C11H14F3NO3S/c12-11(13,14)5-2-6-19(17,18)15-10-4-1-3-9(7-10)8-16/h1,3-4,7,15-16H,2,5-6,8H2. The van der Waals surface area contributed by atoms with Gasteiger partial charge >= 0.3 is 6.18 Å². The largest absolute Gasteiger partial charge is 0.392 e. The molecule has 0 unspecified atom stereocenters. The third kappa shape index (κ3) is 6.44. The van der Waals surface area contributed by atoms with Crippen LogP contribution in [0.15, 0.2) is 24.3 Å². The maximum absolute atomic E-state index is 11.9. The molecule has 0 aliphatic heterocycles. The molecule has 2 N–H and O–H groups in total. The molecule has 19 heavy (non-hydrogen) atoms. The minimum Gasteiger partial charge on any atom is -0.392 e. The molecule has 0 amide bonds. The molecule has 0 atom stereocenters. The van der Waals surface area contributed by atoms with Gasteiger partial charge in [0.1, 0.15) is 0 Å². The Hall–Kier alpha value is -1.28. The summed E-state index contributed by atoms with van der Waals surface area (Å²) in [6, 6.07) is 6.02. The Bertz CT molecular complexity index is 514. The Labute approximate surface area is 109 Å². The van der Waals surface area contributed by atoms with Crippen molar-refractivity contribution < 1.29 is 26.7 Å². The lowest BCUT2D eigenvalue weighted by Crippen LogP contribution is -2.18. The summed E-state index contributed by atoms with van der Waals surface area (Å²) in [7, 11) is -3.81. The first-order valence-electron chi connectivity index (χ1n) is 5.49. The fraction of sp³-hybridized carbons (Fsp3) is 0.455. The molecule has 1 aromatic rings. The molecule has 108 valence electrons. The zero-order valence-corrected chi connectivity index (χ0v) is 10.8. The van der Waals surface area contributed by atoms with E-state index in [0.29, 0.717) is 5.56 Å². The second-order valence-electron chi connectivity index (χ2n) is 4.00. The number of aliphatic hydroxyl groups is 1. The van der Waals surface area contributed by atoms with Crippen LogP contribution in [0.4, 0.5) is 18.9 Å². The number of hydrogen-bond donors (Lipinski definition) is 2. The molecule has 1 rings (SSSR count). The van der Waals surface area contributed by atoms with Crippen molar-refractivity contribution in [2.24, 2.45) is 0 Å². The highest BCUT2D eigenvalue weighted by Crippen LogP contribution is 2.22. The van der Waals surface area contributed by atoms with Crippen LogP contribution in [0.25, 0.3) is 0 Å². The van der Waals surface area contributed by atoms with Crippen LogP contribution in [0.2, 0.25) is 0 Å². The Kier molecular flexibility index (Phi) is 5.19. The van der Waals surface area contributed by atoms with Gasteiger partial charge in [-0.3, -0.25) is 4.72 Å². The van der Waals surface area contributed by atoms with Gasteiger partial charge in [-0.2, -0.15) is 13.2 Å². The van der Waals surface area contributed by atoms with Gasteiger partial charge in [0, 0.05) is 12.1 Å². The number of nitrogens with one attached hydrogen (secondary N) is 1.